The molecule has 110 valence electrons. The van der Waals surface area contributed by atoms with Crippen LogP contribution in [0.3, 0.4) is 0 Å². The Morgan fingerprint density at radius 1 is 1.15 bits per heavy atom. The van der Waals surface area contributed by atoms with Gasteiger partial charge in [0.2, 0.25) is 5.89 Å². The summed E-state index contributed by atoms with van der Waals surface area (Å²) < 4.78 is 5.57. The molecule has 1 heterocycles. The maximum atomic E-state index is 5.84. The van der Waals surface area contributed by atoms with Gasteiger partial charge in [0.25, 0.3) is 5.22 Å². The molecule has 0 saturated carbocycles. The van der Waals surface area contributed by atoms with Gasteiger partial charge in [-0.15, -0.1) is 10.2 Å². The van der Waals surface area contributed by atoms with E-state index in [-0.39, 0.29) is 12.4 Å². The normalized spacial score (nSPS) is 10.3. The molecular formula is C13H17Cl2N3OS. The number of nitrogens with zero attached hydrogens (tertiary/aromatic N) is 2. The van der Waals surface area contributed by atoms with Crippen LogP contribution in [-0.2, 0) is 12.2 Å². The summed E-state index contributed by atoms with van der Waals surface area (Å²) in [5, 5.41) is 9.44. The highest BCUT2D eigenvalue weighted by Gasteiger charge is 2.06. The first-order chi connectivity index (χ1) is 9.28. The summed E-state index contributed by atoms with van der Waals surface area (Å²) >= 11 is 7.38. The Hall–Kier alpha value is -0.750. The average Bonchev–Trinajstić information content (AvgIpc) is 2.86. The van der Waals surface area contributed by atoms with Crippen LogP contribution in [0.15, 0.2) is 33.9 Å². The molecule has 0 aliphatic carbocycles. The van der Waals surface area contributed by atoms with Gasteiger partial charge in [0.15, 0.2) is 0 Å². The molecule has 0 atom stereocenters. The second-order valence-corrected chi connectivity index (χ2v) is 5.55. The summed E-state index contributed by atoms with van der Waals surface area (Å²) in [5.74, 6) is 1.52. The highest BCUT2D eigenvalue weighted by Crippen LogP contribution is 2.22. The third-order valence-corrected chi connectivity index (χ3v) is 3.76. The predicted octanol–water partition coefficient (Wildman–Crippen LogP) is -0.416. The molecular weight excluding hydrogens is 317 g/mol. The third kappa shape index (κ3) is 5.71. The summed E-state index contributed by atoms with van der Waals surface area (Å²) in [6.45, 7) is 0.951. The summed E-state index contributed by atoms with van der Waals surface area (Å²) in [4.78, 5) is 0. The standard InChI is InChI=1S/C13H16ClN3OS.ClH/c14-11-6-4-10(5-7-11)9-19-13-17-16-12(18-13)3-1-2-8-15;/h4-7H,1-3,8-9,15H2;1H. The first kappa shape index (κ1) is 17.3. The Morgan fingerprint density at radius 3 is 2.60 bits per heavy atom. The van der Waals surface area contributed by atoms with Crippen molar-refractivity contribution in [1.29, 1.82) is 0 Å². The van der Waals surface area contributed by atoms with E-state index in [2.05, 4.69) is 15.9 Å². The highest BCUT2D eigenvalue weighted by molar-refractivity contribution is 7.98. The fraction of sp³-hybridized carbons (Fsp3) is 0.385. The minimum absolute atomic E-state index is 0. The highest BCUT2D eigenvalue weighted by atomic mass is 35.5. The Kier molecular flexibility index (Phi) is 7.99. The predicted molar refractivity (Wildman–Crippen MR) is 76.0 cm³/mol. The smallest absolute Gasteiger partial charge is 0.276 e. The lowest BCUT2D eigenvalue weighted by Gasteiger charge is -1.98. The summed E-state index contributed by atoms with van der Waals surface area (Å²) in [7, 11) is 0. The Morgan fingerprint density at radius 2 is 1.90 bits per heavy atom. The number of hydrogen-bond acceptors (Lipinski definition) is 4. The Balaban J connectivity index is 0.00000200. The number of benzene rings is 1. The van der Waals surface area contributed by atoms with Gasteiger partial charge in [-0.25, -0.2) is 0 Å². The second kappa shape index (κ2) is 9.23. The van der Waals surface area contributed by atoms with Crippen molar-refractivity contribution >= 4 is 23.4 Å². The molecule has 0 spiro atoms. The van der Waals surface area contributed by atoms with Crippen LogP contribution in [0.2, 0.25) is 5.02 Å². The lowest BCUT2D eigenvalue weighted by molar-refractivity contribution is -0.368. The molecule has 7 heteroatoms. The molecule has 20 heavy (non-hydrogen) atoms. The van der Waals surface area contributed by atoms with Gasteiger partial charge in [-0.2, -0.15) is 0 Å². The molecule has 2 aromatic rings. The molecule has 0 unspecified atom stereocenters. The van der Waals surface area contributed by atoms with E-state index in [0.717, 1.165) is 36.6 Å². The van der Waals surface area contributed by atoms with Crippen LogP contribution < -0.4 is 18.1 Å². The van der Waals surface area contributed by atoms with Crippen LogP contribution in [0.1, 0.15) is 24.3 Å². The summed E-state index contributed by atoms with van der Waals surface area (Å²) in [6, 6.07) is 7.77. The molecule has 4 nitrogen and oxygen atoms in total. The van der Waals surface area contributed by atoms with Crippen LogP contribution in [0.4, 0.5) is 0 Å². The molecule has 0 radical (unpaired) electrons. The molecule has 0 saturated heterocycles. The number of aryl methyl sites for hydroxylation is 1. The largest absolute Gasteiger partial charge is 1.00 e. The van der Waals surface area contributed by atoms with Gasteiger partial charge in [0.05, 0.1) is 6.54 Å². The Bertz CT molecular complexity index is 505. The summed E-state index contributed by atoms with van der Waals surface area (Å²) in [5.41, 5.74) is 5.00. The van der Waals surface area contributed by atoms with E-state index in [1.165, 1.54) is 5.56 Å². The molecule has 2 rings (SSSR count). The van der Waals surface area contributed by atoms with Gasteiger partial charge in [-0.1, -0.05) is 35.5 Å². The van der Waals surface area contributed by atoms with E-state index in [1.54, 1.807) is 11.8 Å². The number of aromatic nitrogens is 2. The average molecular weight is 334 g/mol. The second-order valence-electron chi connectivity index (χ2n) is 4.19. The molecule has 3 N–H and O–H groups in total. The van der Waals surface area contributed by atoms with Gasteiger partial charge in [-0.3, -0.25) is 0 Å². The SMILES string of the molecule is [Cl-].[NH3+]CCCCc1nnc(SCc2ccc(Cl)cc2)o1. The Labute approximate surface area is 133 Å². The van der Waals surface area contributed by atoms with Crippen LogP contribution >= 0.6 is 23.4 Å². The first-order valence-electron chi connectivity index (χ1n) is 6.27. The van der Waals surface area contributed by atoms with Crippen molar-refractivity contribution in [2.45, 2.75) is 30.2 Å². The monoisotopic (exact) mass is 333 g/mol. The molecule has 0 fully saturated rings. The molecule has 0 aliphatic rings. The number of quaternary nitrogens is 1. The van der Waals surface area contributed by atoms with Gasteiger partial charge < -0.3 is 22.6 Å². The van der Waals surface area contributed by atoms with Crippen molar-refractivity contribution in [2.75, 3.05) is 6.54 Å². The van der Waals surface area contributed by atoms with Crippen LogP contribution in [-0.4, -0.2) is 16.7 Å². The first-order valence-corrected chi connectivity index (χ1v) is 7.63. The number of hydrogen-bond donors (Lipinski definition) is 1. The van der Waals surface area contributed by atoms with E-state index in [0.29, 0.717) is 11.1 Å². The summed E-state index contributed by atoms with van der Waals surface area (Å²) in [6.07, 6.45) is 2.98. The maximum absolute atomic E-state index is 5.84. The van der Waals surface area contributed by atoms with Gasteiger partial charge >= 0.3 is 0 Å². The van der Waals surface area contributed by atoms with Crippen molar-refractivity contribution < 1.29 is 22.6 Å². The van der Waals surface area contributed by atoms with Gasteiger partial charge in [-0.05, 0) is 30.5 Å². The van der Waals surface area contributed by atoms with E-state index < -0.39 is 0 Å². The zero-order valence-corrected chi connectivity index (χ0v) is 13.3. The third-order valence-electron chi connectivity index (χ3n) is 2.61. The van der Waals surface area contributed by atoms with Crippen molar-refractivity contribution in [3.05, 3.63) is 40.7 Å². The van der Waals surface area contributed by atoms with Crippen LogP contribution in [0.5, 0.6) is 0 Å². The maximum Gasteiger partial charge on any atom is 0.276 e. The zero-order valence-electron chi connectivity index (χ0n) is 11.0. The van der Waals surface area contributed by atoms with Crippen molar-refractivity contribution in [1.82, 2.24) is 10.2 Å². The lowest BCUT2D eigenvalue weighted by atomic mass is 10.2. The van der Waals surface area contributed by atoms with Crippen molar-refractivity contribution in [2.24, 2.45) is 0 Å². The number of unbranched alkanes of at least 4 members (excludes halogenated alkanes) is 1. The van der Waals surface area contributed by atoms with E-state index in [4.69, 9.17) is 16.0 Å². The number of rotatable bonds is 7. The van der Waals surface area contributed by atoms with Crippen molar-refractivity contribution in [3.8, 4) is 0 Å². The zero-order chi connectivity index (χ0) is 13.5. The topological polar surface area (TPSA) is 66.6 Å². The molecule has 1 aromatic heterocycles. The minimum Gasteiger partial charge on any atom is -1.00 e. The van der Waals surface area contributed by atoms with E-state index >= 15 is 0 Å². The minimum atomic E-state index is 0. The van der Waals surface area contributed by atoms with Crippen molar-refractivity contribution in [3.63, 3.8) is 0 Å². The number of halogens is 2. The molecule has 0 amide bonds. The van der Waals surface area contributed by atoms with Crippen LogP contribution in [0, 0.1) is 0 Å². The van der Waals surface area contributed by atoms with Gasteiger partial charge in [0.1, 0.15) is 0 Å². The fourth-order valence-electron chi connectivity index (χ4n) is 1.58. The lowest BCUT2D eigenvalue weighted by Crippen LogP contribution is -3.00. The molecule has 1 aromatic carbocycles. The molecule has 0 aliphatic heterocycles. The van der Waals surface area contributed by atoms with E-state index in [1.807, 2.05) is 24.3 Å². The quantitative estimate of drug-likeness (QED) is 0.552. The van der Waals surface area contributed by atoms with E-state index in [9.17, 15) is 0 Å². The van der Waals surface area contributed by atoms with Crippen LogP contribution in [0.25, 0.3) is 0 Å². The molecule has 0 bridgehead atoms. The fourth-order valence-corrected chi connectivity index (χ4v) is 2.44. The van der Waals surface area contributed by atoms with Gasteiger partial charge in [0, 0.05) is 17.2 Å². The number of thioether (sulfide) groups is 1.